The molecule has 1 amide bonds. The van der Waals surface area contributed by atoms with Gasteiger partial charge in [-0.25, -0.2) is 0 Å². The van der Waals surface area contributed by atoms with Gasteiger partial charge in [-0.3, -0.25) is 9.78 Å². The number of benzene rings is 2. The van der Waals surface area contributed by atoms with Crippen molar-refractivity contribution >= 4 is 5.91 Å². The fourth-order valence-corrected chi connectivity index (χ4v) is 2.82. The van der Waals surface area contributed by atoms with Crippen LogP contribution in [0.1, 0.15) is 11.1 Å². The molecule has 1 aliphatic rings. The van der Waals surface area contributed by atoms with Crippen LogP contribution in [0, 0.1) is 0 Å². The molecule has 142 valence electrons. The molecule has 2 aromatic carbocycles. The monoisotopic (exact) mass is 376 g/mol. The van der Waals surface area contributed by atoms with E-state index in [1.807, 2.05) is 48.5 Å². The highest BCUT2D eigenvalue weighted by Gasteiger charge is 2.27. The first-order valence-corrected chi connectivity index (χ1v) is 9.05. The molecule has 1 N–H and O–H groups in total. The van der Waals surface area contributed by atoms with Crippen LogP contribution in [-0.4, -0.2) is 23.6 Å². The maximum atomic E-state index is 12.4. The predicted molar refractivity (Wildman–Crippen MR) is 103 cm³/mol. The summed E-state index contributed by atoms with van der Waals surface area (Å²) in [6.07, 6.45) is 2.67. The van der Waals surface area contributed by atoms with Crippen LogP contribution in [0.4, 0.5) is 0 Å². The van der Waals surface area contributed by atoms with E-state index in [0.29, 0.717) is 30.4 Å². The van der Waals surface area contributed by atoms with Gasteiger partial charge in [-0.15, -0.1) is 0 Å². The number of nitrogens with one attached hydrogen (secondary N) is 1. The van der Waals surface area contributed by atoms with Gasteiger partial charge >= 0.3 is 0 Å². The molecule has 0 spiro atoms. The molecule has 0 aliphatic carbocycles. The number of pyridine rings is 1. The second-order valence-corrected chi connectivity index (χ2v) is 6.37. The molecule has 0 radical (unpaired) electrons. The summed E-state index contributed by atoms with van der Waals surface area (Å²) in [5.74, 6) is 1.54. The molecule has 28 heavy (non-hydrogen) atoms. The Kier molecular flexibility index (Phi) is 5.38. The van der Waals surface area contributed by atoms with E-state index >= 15 is 0 Å². The van der Waals surface area contributed by atoms with E-state index < -0.39 is 6.10 Å². The summed E-state index contributed by atoms with van der Waals surface area (Å²) < 4.78 is 17.3. The number of nitrogens with zero attached hydrogens (tertiary/aromatic N) is 1. The molecule has 2 heterocycles. The van der Waals surface area contributed by atoms with E-state index in [9.17, 15) is 4.79 Å². The fraction of sp³-hybridized carbons (Fsp3) is 0.182. The van der Waals surface area contributed by atoms with Gasteiger partial charge in [-0.1, -0.05) is 30.3 Å². The van der Waals surface area contributed by atoms with Gasteiger partial charge in [0.1, 0.15) is 19.0 Å². The Bertz CT molecular complexity index is 932. The molecular weight excluding hydrogens is 356 g/mol. The number of carbonyl (C=O) groups is 1. The van der Waals surface area contributed by atoms with E-state index in [1.54, 1.807) is 24.5 Å². The van der Waals surface area contributed by atoms with Crippen molar-refractivity contribution in [2.75, 3.05) is 6.61 Å². The first-order valence-electron chi connectivity index (χ1n) is 9.05. The van der Waals surface area contributed by atoms with Crippen LogP contribution in [0.5, 0.6) is 17.2 Å². The minimum Gasteiger partial charge on any atom is -0.489 e. The molecule has 4 rings (SSSR count). The number of hydrogen-bond acceptors (Lipinski definition) is 5. The van der Waals surface area contributed by atoms with Crippen LogP contribution in [0.3, 0.4) is 0 Å². The summed E-state index contributed by atoms with van der Waals surface area (Å²) in [5.41, 5.74) is 2.04. The SMILES string of the molecule is O=C(NCc1ccncc1)C1COc2ccc(OCc3ccccc3)cc2O1. The van der Waals surface area contributed by atoms with Gasteiger partial charge in [0, 0.05) is 25.0 Å². The molecule has 1 aliphatic heterocycles. The van der Waals surface area contributed by atoms with Crippen molar-refractivity contribution in [2.45, 2.75) is 19.3 Å². The topological polar surface area (TPSA) is 69.7 Å². The average Bonchev–Trinajstić information content (AvgIpc) is 2.77. The minimum atomic E-state index is -0.710. The zero-order valence-corrected chi connectivity index (χ0v) is 15.2. The number of carbonyl (C=O) groups excluding carboxylic acids is 1. The number of fused-ring (bicyclic) bond motifs is 1. The second kappa shape index (κ2) is 8.43. The van der Waals surface area contributed by atoms with E-state index in [0.717, 1.165) is 11.1 Å². The van der Waals surface area contributed by atoms with Crippen LogP contribution in [-0.2, 0) is 17.9 Å². The molecule has 1 aromatic heterocycles. The summed E-state index contributed by atoms with van der Waals surface area (Å²) in [5, 5.41) is 2.86. The molecule has 0 saturated carbocycles. The summed E-state index contributed by atoms with van der Waals surface area (Å²) >= 11 is 0. The van der Waals surface area contributed by atoms with Gasteiger partial charge in [-0.2, -0.15) is 0 Å². The summed E-state index contributed by atoms with van der Waals surface area (Å²) in [7, 11) is 0. The zero-order chi connectivity index (χ0) is 19.2. The van der Waals surface area contributed by atoms with Crippen molar-refractivity contribution in [2.24, 2.45) is 0 Å². The molecule has 6 nitrogen and oxygen atoms in total. The van der Waals surface area contributed by atoms with Crippen LogP contribution in [0.25, 0.3) is 0 Å². The molecular formula is C22H20N2O4. The molecule has 0 fully saturated rings. The minimum absolute atomic E-state index is 0.166. The van der Waals surface area contributed by atoms with Crippen molar-refractivity contribution in [1.29, 1.82) is 0 Å². The van der Waals surface area contributed by atoms with Gasteiger partial charge in [0.2, 0.25) is 6.10 Å². The lowest BCUT2D eigenvalue weighted by atomic mass is 10.2. The third-order valence-corrected chi connectivity index (χ3v) is 4.33. The lowest BCUT2D eigenvalue weighted by molar-refractivity contribution is -0.130. The average molecular weight is 376 g/mol. The highest BCUT2D eigenvalue weighted by Crippen LogP contribution is 2.35. The quantitative estimate of drug-likeness (QED) is 0.716. The smallest absolute Gasteiger partial charge is 0.264 e. The molecule has 0 bridgehead atoms. The lowest BCUT2D eigenvalue weighted by Crippen LogP contribution is -2.43. The normalized spacial score (nSPS) is 14.9. The van der Waals surface area contributed by atoms with E-state index in [1.165, 1.54) is 0 Å². The molecule has 3 aromatic rings. The van der Waals surface area contributed by atoms with Crippen molar-refractivity contribution in [1.82, 2.24) is 10.3 Å². The highest BCUT2D eigenvalue weighted by atomic mass is 16.6. The van der Waals surface area contributed by atoms with E-state index in [2.05, 4.69) is 10.3 Å². The summed E-state index contributed by atoms with van der Waals surface area (Å²) in [6.45, 7) is 1.03. The Morgan fingerprint density at radius 2 is 1.86 bits per heavy atom. The largest absolute Gasteiger partial charge is 0.489 e. The van der Waals surface area contributed by atoms with Gasteiger partial charge in [0.15, 0.2) is 11.5 Å². The van der Waals surface area contributed by atoms with Gasteiger partial charge < -0.3 is 19.5 Å². The molecule has 1 unspecified atom stereocenters. The summed E-state index contributed by atoms with van der Waals surface area (Å²) in [4.78, 5) is 16.4. The first kappa shape index (κ1) is 17.9. The van der Waals surface area contributed by atoms with Crippen LogP contribution >= 0.6 is 0 Å². The number of aromatic nitrogens is 1. The first-order chi connectivity index (χ1) is 13.8. The van der Waals surface area contributed by atoms with Crippen molar-refractivity contribution < 1.29 is 19.0 Å². The van der Waals surface area contributed by atoms with E-state index in [-0.39, 0.29) is 12.5 Å². The maximum absolute atomic E-state index is 12.4. The highest BCUT2D eigenvalue weighted by molar-refractivity contribution is 5.81. The third kappa shape index (κ3) is 4.40. The Morgan fingerprint density at radius 3 is 2.68 bits per heavy atom. The number of ether oxygens (including phenoxy) is 3. The van der Waals surface area contributed by atoms with Crippen molar-refractivity contribution in [3.63, 3.8) is 0 Å². The molecule has 1 atom stereocenters. The predicted octanol–water partition coefficient (Wildman–Crippen LogP) is 3.12. The van der Waals surface area contributed by atoms with E-state index in [4.69, 9.17) is 14.2 Å². The number of hydrogen-bond donors (Lipinski definition) is 1. The second-order valence-electron chi connectivity index (χ2n) is 6.37. The lowest BCUT2D eigenvalue weighted by Gasteiger charge is -2.26. The van der Waals surface area contributed by atoms with Gasteiger partial charge in [-0.05, 0) is 35.4 Å². The van der Waals surface area contributed by atoms with Crippen LogP contribution in [0.2, 0.25) is 0 Å². The zero-order valence-electron chi connectivity index (χ0n) is 15.2. The molecule has 0 saturated heterocycles. The Balaban J connectivity index is 1.36. The molecule has 6 heteroatoms. The third-order valence-electron chi connectivity index (χ3n) is 4.33. The number of amides is 1. The maximum Gasteiger partial charge on any atom is 0.264 e. The fourth-order valence-electron chi connectivity index (χ4n) is 2.82. The van der Waals surface area contributed by atoms with Crippen molar-refractivity contribution in [3.05, 3.63) is 84.2 Å². The summed E-state index contributed by atoms with van der Waals surface area (Å²) in [6, 6.07) is 19.0. The van der Waals surface area contributed by atoms with Crippen LogP contribution in [0.15, 0.2) is 73.1 Å². The Hall–Kier alpha value is -3.54. The van der Waals surface area contributed by atoms with Crippen LogP contribution < -0.4 is 19.5 Å². The van der Waals surface area contributed by atoms with Gasteiger partial charge in [0.25, 0.3) is 5.91 Å². The Morgan fingerprint density at radius 1 is 1.04 bits per heavy atom. The number of rotatable bonds is 6. The standard InChI is InChI=1S/C22H20N2O4/c25-22(24-13-16-8-10-23-11-9-16)21-15-27-19-7-6-18(12-20(19)28-21)26-14-17-4-2-1-3-5-17/h1-12,21H,13-15H2,(H,24,25). The van der Waals surface area contributed by atoms with Crippen molar-refractivity contribution in [3.8, 4) is 17.2 Å². The van der Waals surface area contributed by atoms with Gasteiger partial charge in [0.05, 0.1) is 0 Å². The Labute approximate surface area is 163 Å².